The fourth-order valence-corrected chi connectivity index (χ4v) is 2.30. The SMILES string of the molecule is Cc1ccc(C(=O)CNCc2ccncc2)s1. The minimum absolute atomic E-state index is 0.150. The zero-order valence-corrected chi connectivity index (χ0v) is 10.5. The van der Waals surface area contributed by atoms with Gasteiger partial charge in [0.1, 0.15) is 0 Å². The van der Waals surface area contributed by atoms with Crippen molar-refractivity contribution < 1.29 is 4.79 Å². The molecule has 0 aromatic carbocycles. The summed E-state index contributed by atoms with van der Waals surface area (Å²) < 4.78 is 0. The molecule has 0 bridgehead atoms. The molecule has 3 nitrogen and oxygen atoms in total. The first kappa shape index (κ1) is 12.0. The number of Topliss-reactive ketones (excluding diaryl/α,β-unsaturated/α-hetero) is 1. The standard InChI is InChI=1S/C13H14N2OS/c1-10-2-3-13(17-10)12(16)9-15-8-11-4-6-14-7-5-11/h2-7,15H,8-9H2,1H3. The molecule has 88 valence electrons. The Morgan fingerprint density at radius 2 is 2.06 bits per heavy atom. The zero-order chi connectivity index (χ0) is 12.1. The number of ketones is 1. The van der Waals surface area contributed by atoms with E-state index in [2.05, 4.69) is 10.3 Å². The summed E-state index contributed by atoms with van der Waals surface area (Å²) in [5.41, 5.74) is 1.13. The van der Waals surface area contributed by atoms with Crippen molar-refractivity contribution >= 4 is 17.1 Å². The summed E-state index contributed by atoms with van der Waals surface area (Å²) in [5.74, 6) is 0.150. The van der Waals surface area contributed by atoms with Crippen LogP contribution in [0.2, 0.25) is 0 Å². The van der Waals surface area contributed by atoms with Gasteiger partial charge in [0, 0.05) is 23.8 Å². The molecule has 0 saturated carbocycles. The maximum Gasteiger partial charge on any atom is 0.186 e. The Balaban J connectivity index is 1.81. The predicted molar refractivity (Wildman–Crippen MR) is 69.3 cm³/mol. The van der Waals surface area contributed by atoms with Crippen molar-refractivity contribution in [2.24, 2.45) is 0 Å². The zero-order valence-electron chi connectivity index (χ0n) is 9.64. The summed E-state index contributed by atoms with van der Waals surface area (Å²) in [5, 5.41) is 3.14. The number of nitrogens with one attached hydrogen (secondary N) is 1. The van der Waals surface area contributed by atoms with Gasteiger partial charge in [-0.25, -0.2) is 0 Å². The Labute approximate surface area is 105 Å². The average Bonchev–Trinajstić information content (AvgIpc) is 2.77. The second-order valence-corrected chi connectivity index (χ2v) is 5.08. The Hall–Kier alpha value is -1.52. The number of carbonyl (C=O) groups excluding carboxylic acids is 1. The molecule has 2 heterocycles. The van der Waals surface area contributed by atoms with Crippen LogP contribution in [0.4, 0.5) is 0 Å². The third-order valence-electron chi connectivity index (χ3n) is 2.38. The first-order chi connectivity index (χ1) is 8.25. The number of hydrogen-bond donors (Lipinski definition) is 1. The quantitative estimate of drug-likeness (QED) is 0.824. The van der Waals surface area contributed by atoms with Gasteiger partial charge in [-0.05, 0) is 36.8 Å². The Bertz CT molecular complexity index is 493. The molecular formula is C13H14N2OS. The van der Waals surface area contributed by atoms with E-state index in [0.717, 1.165) is 10.4 Å². The van der Waals surface area contributed by atoms with Gasteiger partial charge in [-0.15, -0.1) is 11.3 Å². The Kier molecular flexibility index (Phi) is 4.01. The molecule has 4 heteroatoms. The van der Waals surface area contributed by atoms with Crippen molar-refractivity contribution in [3.8, 4) is 0 Å². The van der Waals surface area contributed by atoms with Crippen LogP contribution in [0.25, 0.3) is 0 Å². The molecule has 0 saturated heterocycles. The van der Waals surface area contributed by atoms with Crippen LogP contribution in [0, 0.1) is 6.92 Å². The van der Waals surface area contributed by atoms with Gasteiger partial charge >= 0.3 is 0 Å². The lowest BCUT2D eigenvalue weighted by molar-refractivity contribution is 0.0994. The van der Waals surface area contributed by atoms with E-state index >= 15 is 0 Å². The fraction of sp³-hybridized carbons (Fsp3) is 0.231. The molecule has 1 N–H and O–H groups in total. The van der Waals surface area contributed by atoms with Gasteiger partial charge in [-0.3, -0.25) is 9.78 Å². The second-order valence-electron chi connectivity index (χ2n) is 3.79. The number of nitrogens with zero attached hydrogens (tertiary/aromatic N) is 1. The normalized spacial score (nSPS) is 10.4. The number of thiophene rings is 1. The molecule has 0 radical (unpaired) electrons. The van der Waals surface area contributed by atoms with Crippen LogP contribution in [0.15, 0.2) is 36.7 Å². The van der Waals surface area contributed by atoms with Crippen molar-refractivity contribution in [2.45, 2.75) is 13.5 Å². The predicted octanol–water partition coefficient (Wildman–Crippen LogP) is 2.42. The van der Waals surface area contributed by atoms with Gasteiger partial charge in [-0.1, -0.05) is 0 Å². The summed E-state index contributed by atoms with van der Waals surface area (Å²) in [7, 11) is 0. The maximum absolute atomic E-state index is 11.8. The number of hydrogen-bond acceptors (Lipinski definition) is 4. The molecule has 17 heavy (non-hydrogen) atoms. The van der Waals surface area contributed by atoms with Gasteiger partial charge in [0.25, 0.3) is 0 Å². The monoisotopic (exact) mass is 246 g/mol. The van der Waals surface area contributed by atoms with Crippen molar-refractivity contribution in [2.75, 3.05) is 6.54 Å². The van der Waals surface area contributed by atoms with Crippen molar-refractivity contribution in [3.63, 3.8) is 0 Å². The van der Waals surface area contributed by atoms with Crippen LogP contribution in [0.3, 0.4) is 0 Å². The summed E-state index contributed by atoms with van der Waals surface area (Å²) in [6, 6.07) is 7.73. The summed E-state index contributed by atoms with van der Waals surface area (Å²) in [4.78, 5) is 17.7. The molecule has 0 fully saturated rings. The second kappa shape index (κ2) is 5.70. The molecular weight excluding hydrogens is 232 g/mol. The van der Waals surface area contributed by atoms with Gasteiger partial charge in [0.05, 0.1) is 11.4 Å². The van der Waals surface area contributed by atoms with Crippen LogP contribution in [-0.2, 0) is 6.54 Å². The lowest BCUT2D eigenvalue weighted by atomic mass is 10.2. The van der Waals surface area contributed by atoms with Gasteiger partial charge in [-0.2, -0.15) is 0 Å². The van der Waals surface area contributed by atoms with E-state index in [9.17, 15) is 4.79 Å². The molecule has 0 unspecified atom stereocenters. The van der Waals surface area contributed by atoms with Crippen LogP contribution >= 0.6 is 11.3 Å². The van der Waals surface area contributed by atoms with Gasteiger partial charge < -0.3 is 5.32 Å². The van der Waals surface area contributed by atoms with Gasteiger partial charge in [0.15, 0.2) is 5.78 Å². The highest BCUT2D eigenvalue weighted by Crippen LogP contribution is 2.15. The molecule has 0 aliphatic rings. The lowest BCUT2D eigenvalue weighted by Crippen LogP contribution is -2.21. The highest BCUT2D eigenvalue weighted by Gasteiger charge is 2.07. The third kappa shape index (κ3) is 3.47. The topological polar surface area (TPSA) is 42.0 Å². The van der Waals surface area contributed by atoms with Crippen molar-refractivity contribution in [1.29, 1.82) is 0 Å². The smallest absolute Gasteiger partial charge is 0.186 e. The van der Waals surface area contributed by atoms with Crippen LogP contribution in [0.5, 0.6) is 0 Å². The molecule has 2 aromatic rings. The largest absolute Gasteiger partial charge is 0.306 e. The molecule has 0 spiro atoms. The summed E-state index contributed by atoms with van der Waals surface area (Å²) in [6.45, 7) is 3.08. The molecule has 2 rings (SSSR count). The maximum atomic E-state index is 11.8. The van der Waals surface area contributed by atoms with Crippen LogP contribution < -0.4 is 5.32 Å². The van der Waals surface area contributed by atoms with E-state index in [0.29, 0.717) is 13.1 Å². The Morgan fingerprint density at radius 1 is 1.29 bits per heavy atom. The molecule has 0 aliphatic carbocycles. The van der Waals surface area contributed by atoms with E-state index in [1.54, 1.807) is 23.7 Å². The number of carbonyl (C=O) groups is 1. The first-order valence-electron chi connectivity index (χ1n) is 5.45. The van der Waals surface area contributed by atoms with Crippen LogP contribution in [-0.4, -0.2) is 17.3 Å². The highest BCUT2D eigenvalue weighted by atomic mass is 32.1. The number of rotatable bonds is 5. The van der Waals surface area contributed by atoms with Crippen molar-refractivity contribution in [1.82, 2.24) is 10.3 Å². The fourth-order valence-electron chi connectivity index (χ4n) is 1.49. The molecule has 0 amide bonds. The minimum atomic E-state index is 0.150. The molecule has 2 aromatic heterocycles. The van der Waals surface area contributed by atoms with E-state index < -0.39 is 0 Å². The average molecular weight is 246 g/mol. The minimum Gasteiger partial charge on any atom is -0.306 e. The summed E-state index contributed by atoms with van der Waals surface area (Å²) in [6.07, 6.45) is 3.50. The van der Waals surface area contributed by atoms with Crippen LogP contribution in [0.1, 0.15) is 20.1 Å². The third-order valence-corrected chi connectivity index (χ3v) is 3.42. The first-order valence-corrected chi connectivity index (χ1v) is 6.26. The summed E-state index contributed by atoms with van der Waals surface area (Å²) >= 11 is 1.54. The molecule has 0 atom stereocenters. The van der Waals surface area contributed by atoms with E-state index in [1.807, 2.05) is 31.2 Å². The van der Waals surface area contributed by atoms with E-state index in [1.165, 1.54) is 4.88 Å². The number of aryl methyl sites for hydroxylation is 1. The number of aromatic nitrogens is 1. The van der Waals surface area contributed by atoms with E-state index in [-0.39, 0.29) is 5.78 Å². The van der Waals surface area contributed by atoms with Crippen molar-refractivity contribution in [3.05, 3.63) is 52.0 Å². The number of pyridine rings is 1. The van der Waals surface area contributed by atoms with E-state index in [4.69, 9.17) is 0 Å². The lowest BCUT2D eigenvalue weighted by Gasteiger charge is -2.02. The molecule has 0 aliphatic heterocycles. The Morgan fingerprint density at radius 3 is 2.71 bits per heavy atom. The van der Waals surface area contributed by atoms with Gasteiger partial charge in [0.2, 0.25) is 0 Å². The highest BCUT2D eigenvalue weighted by molar-refractivity contribution is 7.14.